The summed E-state index contributed by atoms with van der Waals surface area (Å²) in [6.07, 6.45) is 2.37. The Kier molecular flexibility index (Phi) is 4.29. The van der Waals surface area contributed by atoms with Crippen LogP contribution in [-0.2, 0) is 0 Å². The summed E-state index contributed by atoms with van der Waals surface area (Å²) in [5.41, 5.74) is 0.341. The highest BCUT2D eigenvalue weighted by Crippen LogP contribution is 2.40. The second kappa shape index (κ2) is 5.58. The molecule has 3 atom stereocenters. The van der Waals surface area contributed by atoms with Crippen molar-refractivity contribution in [1.29, 1.82) is 0 Å². The number of benzene rings is 1. The van der Waals surface area contributed by atoms with E-state index in [-0.39, 0.29) is 11.7 Å². The third-order valence-electron chi connectivity index (χ3n) is 3.94. The van der Waals surface area contributed by atoms with Gasteiger partial charge in [0, 0.05) is 10.6 Å². The normalized spacial score (nSPS) is 30.2. The molecule has 18 heavy (non-hydrogen) atoms. The van der Waals surface area contributed by atoms with Gasteiger partial charge in [-0.15, -0.1) is 0 Å². The van der Waals surface area contributed by atoms with Crippen molar-refractivity contribution in [3.63, 3.8) is 0 Å². The fraction of sp³-hybridized carbons (Fsp3) is 0.600. The predicted molar refractivity (Wildman–Crippen MR) is 72.0 cm³/mol. The summed E-state index contributed by atoms with van der Waals surface area (Å²) in [6.45, 7) is 4.40. The Morgan fingerprint density at radius 2 is 1.83 bits per heavy atom. The monoisotopic (exact) mass is 270 g/mol. The molecule has 0 saturated heterocycles. The van der Waals surface area contributed by atoms with E-state index in [9.17, 15) is 9.50 Å². The molecule has 0 heterocycles. The molecular weight excluding hydrogens is 251 g/mol. The van der Waals surface area contributed by atoms with E-state index in [2.05, 4.69) is 13.8 Å². The lowest BCUT2D eigenvalue weighted by Crippen LogP contribution is -2.25. The van der Waals surface area contributed by atoms with E-state index in [1.807, 2.05) is 0 Å². The van der Waals surface area contributed by atoms with Crippen molar-refractivity contribution < 1.29 is 9.50 Å². The molecule has 0 radical (unpaired) electrons. The van der Waals surface area contributed by atoms with Gasteiger partial charge in [-0.25, -0.2) is 4.39 Å². The van der Waals surface area contributed by atoms with E-state index in [4.69, 9.17) is 11.6 Å². The quantitative estimate of drug-likeness (QED) is 0.834. The zero-order chi connectivity index (χ0) is 13.3. The largest absolute Gasteiger partial charge is 0.388 e. The highest BCUT2D eigenvalue weighted by molar-refractivity contribution is 6.30. The van der Waals surface area contributed by atoms with E-state index >= 15 is 0 Å². The molecule has 1 fully saturated rings. The van der Waals surface area contributed by atoms with Crippen LogP contribution in [0.15, 0.2) is 18.2 Å². The summed E-state index contributed by atoms with van der Waals surface area (Å²) in [7, 11) is 0. The van der Waals surface area contributed by atoms with Crippen LogP contribution in [0.3, 0.4) is 0 Å². The zero-order valence-corrected chi connectivity index (χ0v) is 11.6. The second-order valence-corrected chi connectivity index (χ2v) is 6.22. The number of hydrogen-bond acceptors (Lipinski definition) is 1. The first-order chi connectivity index (χ1) is 8.47. The van der Waals surface area contributed by atoms with E-state index in [1.165, 1.54) is 18.6 Å². The van der Waals surface area contributed by atoms with Gasteiger partial charge in [0.15, 0.2) is 0 Å². The number of aliphatic hydroxyl groups is 1. The predicted octanol–water partition coefficient (Wildman–Crippen LogP) is 4.58. The Hall–Kier alpha value is -0.600. The summed E-state index contributed by atoms with van der Waals surface area (Å²) in [6, 6.07) is 4.39. The Labute approximate surface area is 113 Å². The van der Waals surface area contributed by atoms with Crippen molar-refractivity contribution in [3.05, 3.63) is 34.6 Å². The topological polar surface area (TPSA) is 20.2 Å². The number of hydrogen-bond donors (Lipinski definition) is 1. The molecular formula is C15H20ClFO. The maximum atomic E-state index is 13.8. The van der Waals surface area contributed by atoms with E-state index in [0.717, 1.165) is 12.8 Å². The lowest BCUT2D eigenvalue weighted by molar-refractivity contribution is 0.0527. The van der Waals surface area contributed by atoms with Crippen LogP contribution in [-0.4, -0.2) is 5.11 Å². The fourth-order valence-electron chi connectivity index (χ4n) is 3.26. The minimum absolute atomic E-state index is 0.136. The van der Waals surface area contributed by atoms with Crippen LogP contribution in [0, 0.1) is 23.6 Å². The van der Waals surface area contributed by atoms with Gasteiger partial charge in [-0.2, -0.15) is 0 Å². The molecule has 0 spiro atoms. The third kappa shape index (κ3) is 3.04. The maximum absolute atomic E-state index is 13.8. The minimum Gasteiger partial charge on any atom is -0.388 e. The van der Waals surface area contributed by atoms with Crippen LogP contribution < -0.4 is 0 Å². The fourth-order valence-corrected chi connectivity index (χ4v) is 3.44. The lowest BCUT2D eigenvalue weighted by atomic mass is 9.73. The Morgan fingerprint density at radius 3 is 2.44 bits per heavy atom. The molecule has 1 aromatic rings. The van der Waals surface area contributed by atoms with Crippen molar-refractivity contribution in [1.82, 2.24) is 0 Å². The first kappa shape index (κ1) is 13.8. The maximum Gasteiger partial charge on any atom is 0.129 e. The Morgan fingerprint density at radius 1 is 1.22 bits per heavy atom. The molecule has 1 N–H and O–H groups in total. The van der Waals surface area contributed by atoms with Crippen molar-refractivity contribution in [3.8, 4) is 0 Å². The number of halogens is 2. The lowest BCUT2D eigenvalue weighted by Gasteiger charge is -2.34. The molecule has 1 aromatic carbocycles. The molecule has 0 amide bonds. The number of rotatable bonds is 2. The molecule has 1 saturated carbocycles. The van der Waals surface area contributed by atoms with Crippen LogP contribution in [0.1, 0.15) is 44.8 Å². The van der Waals surface area contributed by atoms with Gasteiger partial charge in [-0.05, 0) is 55.2 Å². The highest BCUT2D eigenvalue weighted by Gasteiger charge is 2.31. The van der Waals surface area contributed by atoms with Gasteiger partial charge < -0.3 is 5.11 Å². The van der Waals surface area contributed by atoms with Gasteiger partial charge in [-0.1, -0.05) is 25.4 Å². The first-order valence-corrected chi connectivity index (χ1v) is 6.98. The van der Waals surface area contributed by atoms with E-state index in [0.29, 0.717) is 22.4 Å². The molecule has 100 valence electrons. The average Bonchev–Trinajstić information content (AvgIpc) is 2.30. The smallest absolute Gasteiger partial charge is 0.129 e. The molecule has 0 aromatic heterocycles. The minimum atomic E-state index is -0.742. The van der Waals surface area contributed by atoms with Gasteiger partial charge >= 0.3 is 0 Å². The molecule has 2 rings (SSSR count). The molecule has 3 heteroatoms. The zero-order valence-electron chi connectivity index (χ0n) is 10.9. The SMILES string of the molecule is CC1CC(C)CC(C(O)c2cc(Cl)ccc2F)C1. The Bertz CT molecular complexity index is 411. The standard InChI is InChI=1S/C15H20ClFO/c1-9-5-10(2)7-11(6-9)15(18)13-8-12(16)3-4-14(13)17/h3-4,8-11,15,18H,5-7H2,1-2H3. The summed E-state index contributed by atoms with van der Waals surface area (Å²) in [5, 5.41) is 10.9. The molecule has 0 aliphatic heterocycles. The van der Waals surface area contributed by atoms with Crippen LogP contribution >= 0.6 is 11.6 Å². The molecule has 0 bridgehead atoms. The van der Waals surface area contributed by atoms with Gasteiger partial charge in [0.25, 0.3) is 0 Å². The van der Waals surface area contributed by atoms with Crippen LogP contribution in [0.25, 0.3) is 0 Å². The summed E-state index contributed by atoms with van der Waals surface area (Å²) in [5.74, 6) is 0.959. The number of aliphatic hydroxyl groups excluding tert-OH is 1. The van der Waals surface area contributed by atoms with Crippen molar-refractivity contribution in [2.75, 3.05) is 0 Å². The van der Waals surface area contributed by atoms with Crippen LogP contribution in [0.5, 0.6) is 0 Å². The molecule has 1 nitrogen and oxygen atoms in total. The molecule has 3 unspecified atom stereocenters. The average molecular weight is 271 g/mol. The summed E-state index contributed by atoms with van der Waals surface area (Å²) in [4.78, 5) is 0. The summed E-state index contributed by atoms with van der Waals surface area (Å²) >= 11 is 5.88. The van der Waals surface area contributed by atoms with Crippen molar-refractivity contribution in [2.45, 2.75) is 39.2 Å². The molecule has 1 aliphatic rings. The van der Waals surface area contributed by atoms with Gasteiger partial charge in [0.2, 0.25) is 0 Å². The summed E-state index contributed by atoms with van der Waals surface area (Å²) < 4.78 is 13.8. The van der Waals surface area contributed by atoms with Crippen molar-refractivity contribution in [2.24, 2.45) is 17.8 Å². The van der Waals surface area contributed by atoms with E-state index < -0.39 is 6.10 Å². The van der Waals surface area contributed by atoms with Gasteiger partial charge in [0.05, 0.1) is 6.10 Å². The molecule has 1 aliphatic carbocycles. The van der Waals surface area contributed by atoms with Crippen LogP contribution in [0.4, 0.5) is 4.39 Å². The third-order valence-corrected chi connectivity index (χ3v) is 4.17. The Balaban J connectivity index is 2.19. The second-order valence-electron chi connectivity index (χ2n) is 5.79. The van der Waals surface area contributed by atoms with E-state index in [1.54, 1.807) is 6.07 Å². The van der Waals surface area contributed by atoms with Crippen molar-refractivity contribution >= 4 is 11.6 Å². The van der Waals surface area contributed by atoms with Gasteiger partial charge in [-0.3, -0.25) is 0 Å². The van der Waals surface area contributed by atoms with Crippen LogP contribution in [0.2, 0.25) is 5.02 Å². The van der Waals surface area contributed by atoms with Gasteiger partial charge in [0.1, 0.15) is 5.82 Å². The highest BCUT2D eigenvalue weighted by atomic mass is 35.5. The first-order valence-electron chi connectivity index (χ1n) is 6.60.